The highest BCUT2D eigenvalue weighted by molar-refractivity contribution is 7.87. The van der Waals surface area contributed by atoms with Crippen molar-refractivity contribution in [2.45, 2.75) is 26.2 Å². The molecule has 2 heterocycles. The van der Waals surface area contributed by atoms with E-state index in [9.17, 15) is 8.42 Å². The van der Waals surface area contributed by atoms with Gasteiger partial charge in [-0.2, -0.15) is 8.42 Å². The van der Waals surface area contributed by atoms with E-state index in [1.807, 2.05) is 19.1 Å². The van der Waals surface area contributed by atoms with Gasteiger partial charge in [0.05, 0.1) is 19.2 Å². The number of fused-ring (bicyclic) bond motifs is 1. The lowest BCUT2D eigenvalue weighted by Gasteiger charge is -2.33. The molecule has 2 aromatic rings. The number of hydrogen-bond donors (Lipinski definition) is 2. The molecule has 1 aromatic heterocycles. The summed E-state index contributed by atoms with van der Waals surface area (Å²) in [5.41, 5.74) is 0.810. The summed E-state index contributed by atoms with van der Waals surface area (Å²) in [4.78, 5) is 11.1. The SMILES string of the molecule is CCOc1cc2c(N3CCC(CCNS(N)(=O)=O)CC3)ncnc2cc1OC. The molecule has 0 bridgehead atoms. The molecule has 0 aliphatic carbocycles. The Hall–Kier alpha value is -2.17. The maximum atomic E-state index is 11.0. The predicted octanol–water partition coefficient (Wildman–Crippen LogP) is 1.44. The van der Waals surface area contributed by atoms with Crippen molar-refractivity contribution in [2.24, 2.45) is 11.1 Å². The van der Waals surface area contributed by atoms with E-state index in [0.717, 1.165) is 49.1 Å². The summed E-state index contributed by atoms with van der Waals surface area (Å²) in [6, 6.07) is 3.81. The van der Waals surface area contributed by atoms with Crippen LogP contribution in [0.15, 0.2) is 18.5 Å². The minimum atomic E-state index is -3.62. The monoisotopic (exact) mass is 409 g/mol. The summed E-state index contributed by atoms with van der Waals surface area (Å²) in [6.45, 7) is 4.55. The van der Waals surface area contributed by atoms with Crippen LogP contribution >= 0.6 is 0 Å². The van der Waals surface area contributed by atoms with Crippen LogP contribution in [0.3, 0.4) is 0 Å². The third kappa shape index (κ3) is 5.00. The third-order valence-corrected chi connectivity index (χ3v) is 5.58. The molecule has 0 saturated carbocycles. The number of nitrogens with two attached hydrogens (primary N) is 1. The molecule has 3 N–H and O–H groups in total. The van der Waals surface area contributed by atoms with Crippen LogP contribution in [-0.4, -0.2) is 51.7 Å². The van der Waals surface area contributed by atoms with Gasteiger partial charge in [0.15, 0.2) is 11.5 Å². The molecule has 1 aromatic carbocycles. The summed E-state index contributed by atoms with van der Waals surface area (Å²) in [6.07, 6.45) is 4.28. The second-order valence-corrected chi connectivity index (χ2v) is 8.19. The second kappa shape index (κ2) is 8.89. The standard InChI is InChI=1S/C18H27N5O4S/c1-3-27-17-10-14-15(11-16(17)26-2)20-12-21-18(14)23-8-5-13(6-9-23)4-7-22-28(19,24)25/h10-13,22H,3-9H2,1-2H3,(H2,19,24,25). The topological polar surface area (TPSA) is 120 Å². The number of hydrogen-bond acceptors (Lipinski definition) is 7. The first-order valence-electron chi connectivity index (χ1n) is 9.39. The fourth-order valence-corrected chi connectivity index (χ4v) is 3.97. The van der Waals surface area contributed by atoms with E-state index in [2.05, 4.69) is 19.6 Å². The number of nitrogens with one attached hydrogen (secondary N) is 1. The summed E-state index contributed by atoms with van der Waals surface area (Å²) < 4.78 is 35.4. The van der Waals surface area contributed by atoms with Crippen LogP contribution in [0.5, 0.6) is 11.5 Å². The molecule has 0 amide bonds. The van der Waals surface area contributed by atoms with Crippen LogP contribution in [0.2, 0.25) is 0 Å². The quantitative estimate of drug-likeness (QED) is 0.677. The molecule has 0 atom stereocenters. The van der Waals surface area contributed by atoms with Gasteiger partial charge in [0.1, 0.15) is 12.1 Å². The number of ether oxygens (including phenoxy) is 2. The van der Waals surface area contributed by atoms with E-state index in [1.54, 1.807) is 13.4 Å². The van der Waals surface area contributed by atoms with Crippen molar-refractivity contribution < 1.29 is 17.9 Å². The fraction of sp³-hybridized carbons (Fsp3) is 0.556. The Balaban J connectivity index is 1.73. The lowest BCUT2D eigenvalue weighted by molar-refractivity contribution is 0.311. The Morgan fingerprint density at radius 3 is 2.64 bits per heavy atom. The predicted molar refractivity (Wildman–Crippen MR) is 108 cm³/mol. The van der Waals surface area contributed by atoms with Gasteiger partial charge in [-0.3, -0.25) is 0 Å². The Kier molecular flexibility index (Phi) is 6.53. The summed E-state index contributed by atoms with van der Waals surface area (Å²) >= 11 is 0. The van der Waals surface area contributed by atoms with Crippen molar-refractivity contribution in [3.63, 3.8) is 0 Å². The van der Waals surface area contributed by atoms with Crippen molar-refractivity contribution in [1.82, 2.24) is 14.7 Å². The maximum Gasteiger partial charge on any atom is 0.274 e. The molecule has 0 unspecified atom stereocenters. The molecule has 1 aliphatic rings. The van der Waals surface area contributed by atoms with Gasteiger partial charge in [0, 0.05) is 31.1 Å². The third-order valence-electron chi connectivity index (χ3n) is 4.97. The molecule has 0 spiro atoms. The van der Waals surface area contributed by atoms with Crippen LogP contribution in [-0.2, 0) is 10.2 Å². The molecular weight excluding hydrogens is 382 g/mol. The first-order valence-corrected chi connectivity index (χ1v) is 10.9. The van der Waals surface area contributed by atoms with Gasteiger partial charge < -0.3 is 14.4 Å². The maximum absolute atomic E-state index is 11.0. The number of aromatic nitrogens is 2. The number of methoxy groups -OCH3 is 1. The van der Waals surface area contributed by atoms with Gasteiger partial charge in [0.25, 0.3) is 10.2 Å². The van der Waals surface area contributed by atoms with E-state index in [0.29, 0.717) is 30.6 Å². The summed E-state index contributed by atoms with van der Waals surface area (Å²) in [5.74, 6) is 2.67. The summed E-state index contributed by atoms with van der Waals surface area (Å²) in [5, 5.41) is 5.91. The first-order chi connectivity index (χ1) is 13.4. The number of piperidine rings is 1. The van der Waals surface area contributed by atoms with Crippen molar-refractivity contribution >= 4 is 26.9 Å². The van der Waals surface area contributed by atoms with Crippen LogP contribution in [0.25, 0.3) is 10.9 Å². The largest absolute Gasteiger partial charge is 0.493 e. The van der Waals surface area contributed by atoms with Gasteiger partial charge in [0.2, 0.25) is 0 Å². The zero-order valence-electron chi connectivity index (χ0n) is 16.2. The van der Waals surface area contributed by atoms with Gasteiger partial charge >= 0.3 is 0 Å². The molecular formula is C18H27N5O4S. The van der Waals surface area contributed by atoms with Crippen LogP contribution < -0.4 is 24.2 Å². The first kappa shape index (κ1) is 20.6. The smallest absolute Gasteiger partial charge is 0.274 e. The van der Waals surface area contributed by atoms with Gasteiger partial charge in [-0.05, 0) is 38.2 Å². The lowest BCUT2D eigenvalue weighted by atomic mass is 9.93. The zero-order chi connectivity index (χ0) is 20.1. The average Bonchev–Trinajstić information content (AvgIpc) is 2.67. The van der Waals surface area contributed by atoms with Crippen molar-refractivity contribution in [3.8, 4) is 11.5 Å². The number of anilines is 1. The number of nitrogens with zero attached hydrogens (tertiary/aromatic N) is 3. The molecule has 9 nitrogen and oxygen atoms in total. The Bertz CT molecular complexity index is 914. The normalized spacial score (nSPS) is 15.8. The number of benzene rings is 1. The van der Waals surface area contributed by atoms with E-state index in [4.69, 9.17) is 14.6 Å². The molecule has 3 rings (SSSR count). The fourth-order valence-electron chi connectivity index (χ4n) is 3.57. The van der Waals surface area contributed by atoms with Crippen molar-refractivity contribution in [3.05, 3.63) is 18.5 Å². The number of rotatable bonds is 8. The van der Waals surface area contributed by atoms with E-state index >= 15 is 0 Å². The van der Waals surface area contributed by atoms with Gasteiger partial charge in [-0.15, -0.1) is 0 Å². The molecule has 1 saturated heterocycles. The van der Waals surface area contributed by atoms with Crippen LogP contribution in [0.4, 0.5) is 5.82 Å². The van der Waals surface area contributed by atoms with Crippen LogP contribution in [0, 0.1) is 5.92 Å². The van der Waals surface area contributed by atoms with E-state index in [-0.39, 0.29) is 0 Å². The Morgan fingerprint density at radius 2 is 2.00 bits per heavy atom. The molecule has 154 valence electrons. The minimum Gasteiger partial charge on any atom is -0.493 e. The van der Waals surface area contributed by atoms with Crippen molar-refractivity contribution in [1.29, 1.82) is 0 Å². The van der Waals surface area contributed by atoms with Crippen molar-refractivity contribution in [2.75, 3.05) is 38.3 Å². The highest BCUT2D eigenvalue weighted by Crippen LogP contribution is 2.36. The van der Waals surface area contributed by atoms with E-state index < -0.39 is 10.2 Å². The van der Waals surface area contributed by atoms with Crippen LogP contribution in [0.1, 0.15) is 26.2 Å². The molecule has 1 fully saturated rings. The highest BCUT2D eigenvalue weighted by atomic mass is 32.2. The molecule has 1 aliphatic heterocycles. The summed E-state index contributed by atoms with van der Waals surface area (Å²) in [7, 11) is -2.00. The lowest BCUT2D eigenvalue weighted by Crippen LogP contribution is -2.37. The molecule has 10 heteroatoms. The van der Waals surface area contributed by atoms with E-state index in [1.165, 1.54) is 0 Å². The Labute approximate surface area is 165 Å². The zero-order valence-corrected chi connectivity index (χ0v) is 17.0. The average molecular weight is 410 g/mol. The minimum absolute atomic E-state index is 0.372. The second-order valence-electron chi connectivity index (χ2n) is 6.81. The molecule has 28 heavy (non-hydrogen) atoms. The van der Waals surface area contributed by atoms with Gasteiger partial charge in [-0.1, -0.05) is 0 Å². The highest BCUT2D eigenvalue weighted by Gasteiger charge is 2.22. The van der Waals surface area contributed by atoms with Gasteiger partial charge in [-0.25, -0.2) is 19.8 Å². The molecule has 0 radical (unpaired) electrons. The Morgan fingerprint density at radius 1 is 1.25 bits per heavy atom.